The van der Waals surface area contributed by atoms with Gasteiger partial charge >= 0.3 is 0 Å². The molecule has 4 nitrogen and oxygen atoms in total. The molecule has 0 heterocycles. The highest BCUT2D eigenvalue weighted by Gasteiger charge is 2.12. The third-order valence-electron chi connectivity index (χ3n) is 1.69. The molecular formula is C9H15ClN2O2. The van der Waals surface area contributed by atoms with Crippen molar-refractivity contribution in [3.05, 3.63) is 35.9 Å². The van der Waals surface area contributed by atoms with Crippen LogP contribution in [0.4, 0.5) is 0 Å². The van der Waals surface area contributed by atoms with E-state index in [0.717, 1.165) is 5.56 Å². The summed E-state index contributed by atoms with van der Waals surface area (Å²) in [4.78, 5) is 11.1. The van der Waals surface area contributed by atoms with Crippen LogP contribution in [0.2, 0.25) is 0 Å². The Morgan fingerprint density at radius 3 is 2.29 bits per heavy atom. The van der Waals surface area contributed by atoms with Crippen LogP contribution < -0.4 is 11.1 Å². The lowest BCUT2D eigenvalue weighted by Crippen LogP contribution is -2.31. The molecule has 1 amide bonds. The summed E-state index contributed by atoms with van der Waals surface area (Å²) in [6.45, 7) is 0. The van der Waals surface area contributed by atoms with E-state index in [-0.39, 0.29) is 23.8 Å². The fraction of sp³-hybridized carbons (Fsp3) is 0.222. The van der Waals surface area contributed by atoms with Gasteiger partial charge in [-0.05, 0) is 5.56 Å². The van der Waals surface area contributed by atoms with Gasteiger partial charge in [-0.25, -0.2) is 0 Å². The first-order chi connectivity index (χ1) is 5.75. The van der Waals surface area contributed by atoms with Crippen LogP contribution >= 0.6 is 12.4 Å². The van der Waals surface area contributed by atoms with Crippen LogP contribution in [-0.2, 0) is 4.79 Å². The van der Waals surface area contributed by atoms with Gasteiger partial charge in [0.15, 0.2) is 0 Å². The second-order valence-corrected chi connectivity index (χ2v) is 2.50. The maximum atomic E-state index is 11.1. The number of halogens is 1. The van der Waals surface area contributed by atoms with Crippen molar-refractivity contribution in [2.24, 2.45) is 5.73 Å². The number of rotatable bonds is 2. The summed E-state index contributed by atoms with van der Waals surface area (Å²) in [7, 11) is 1.57. The standard InChI is InChI=1S/C9H12N2O.ClH.H2O/c1-11-9(12)8(10)7-5-3-2-4-6-7;;/h2-6,8H,10H2,1H3,(H,11,12);1H;1H2/t8-;;/m0../s1. The van der Waals surface area contributed by atoms with Crippen LogP contribution in [0.5, 0.6) is 0 Å². The molecule has 0 fully saturated rings. The van der Waals surface area contributed by atoms with E-state index in [9.17, 15) is 4.79 Å². The van der Waals surface area contributed by atoms with E-state index < -0.39 is 6.04 Å². The van der Waals surface area contributed by atoms with Gasteiger partial charge in [0.25, 0.3) is 0 Å². The summed E-state index contributed by atoms with van der Waals surface area (Å²) in [5, 5.41) is 2.50. The van der Waals surface area contributed by atoms with Crippen molar-refractivity contribution in [3.63, 3.8) is 0 Å². The van der Waals surface area contributed by atoms with Crippen molar-refractivity contribution < 1.29 is 10.3 Å². The molecule has 0 radical (unpaired) electrons. The molecule has 0 spiro atoms. The summed E-state index contributed by atoms with van der Waals surface area (Å²) in [5.41, 5.74) is 6.47. The Bertz CT molecular complexity index is 267. The molecule has 0 aliphatic heterocycles. The molecule has 14 heavy (non-hydrogen) atoms. The van der Waals surface area contributed by atoms with Crippen LogP contribution in [-0.4, -0.2) is 18.4 Å². The van der Waals surface area contributed by atoms with Gasteiger partial charge in [-0.15, -0.1) is 12.4 Å². The number of hydrogen-bond acceptors (Lipinski definition) is 2. The van der Waals surface area contributed by atoms with Crippen LogP contribution in [0.15, 0.2) is 30.3 Å². The molecule has 1 aromatic rings. The summed E-state index contributed by atoms with van der Waals surface area (Å²) < 4.78 is 0. The fourth-order valence-electron chi connectivity index (χ4n) is 0.967. The normalized spacial score (nSPS) is 10.4. The van der Waals surface area contributed by atoms with Crippen molar-refractivity contribution in [1.29, 1.82) is 0 Å². The number of hydrogen-bond donors (Lipinski definition) is 2. The van der Waals surface area contributed by atoms with Gasteiger partial charge < -0.3 is 16.5 Å². The van der Waals surface area contributed by atoms with Gasteiger partial charge in [-0.2, -0.15) is 0 Å². The number of likely N-dealkylation sites (N-methyl/N-ethyl adjacent to an activating group) is 1. The molecule has 0 saturated carbocycles. The fourth-order valence-corrected chi connectivity index (χ4v) is 0.967. The first-order valence-corrected chi connectivity index (χ1v) is 3.78. The van der Waals surface area contributed by atoms with Gasteiger partial charge in [0.1, 0.15) is 6.04 Å². The van der Waals surface area contributed by atoms with E-state index in [1.54, 1.807) is 7.05 Å². The van der Waals surface area contributed by atoms with E-state index in [1.807, 2.05) is 30.3 Å². The summed E-state index contributed by atoms with van der Waals surface area (Å²) in [5.74, 6) is -0.166. The first-order valence-electron chi connectivity index (χ1n) is 3.78. The lowest BCUT2D eigenvalue weighted by molar-refractivity contribution is -0.121. The number of nitrogens with two attached hydrogens (primary N) is 1. The van der Waals surface area contributed by atoms with Crippen LogP contribution in [0.3, 0.4) is 0 Å². The lowest BCUT2D eigenvalue weighted by Gasteiger charge is -2.09. The Balaban J connectivity index is 0. The van der Waals surface area contributed by atoms with E-state index in [1.165, 1.54) is 0 Å². The minimum atomic E-state index is -0.559. The van der Waals surface area contributed by atoms with Crippen molar-refractivity contribution in [2.75, 3.05) is 7.05 Å². The molecule has 5 N–H and O–H groups in total. The van der Waals surface area contributed by atoms with E-state index in [0.29, 0.717) is 0 Å². The van der Waals surface area contributed by atoms with Gasteiger partial charge in [0.05, 0.1) is 0 Å². The van der Waals surface area contributed by atoms with Crippen LogP contribution in [0, 0.1) is 0 Å². The molecule has 80 valence electrons. The number of nitrogens with one attached hydrogen (secondary N) is 1. The molecule has 0 aliphatic carbocycles. The highest BCUT2D eigenvalue weighted by molar-refractivity contribution is 5.85. The van der Waals surface area contributed by atoms with Crippen molar-refractivity contribution in [3.8, 4) is 0 Å². The summed E-state index contributed by atoms with van der Waals surface area (Å²) in [6.07, 6.45) is 0. The zero-order valence-electron chi connectivity index (χ0n) is 7.86. The van der Waals surface area contributed by atoms with Gasteiger partial charge in [-0.1, -0.05) is 30.3 Å². The average Bonchev–Trinajstić information content (AvgIpc) is 2.17. The monoisotopic (exact) mass is 218 g/mol. The Morgan fingerprint density at radius 1 is 1.36 bits per heavy atom. The lowest BCUT2D eigenvalue weighted by atomic mass is 10.1. The molecule has 0 saturated heterocycles. The number of benzene rings is 1. The maximum Gasteiger partial charge on any atom is 0.241 e. The zero-order chi connectivity index (χ0) is 8.97. The van der Waals surface area contributed by atoms with Gasteiger partial charge in [-0.3, -0.25) is 4.79 Å². The van der Waals surface area contributed by atoms with Crippen LogP contribution in [0.1, 0.15) is 11.6 Å². The zero-order valence-corrected chi connectivity index (χ0v) is 8.67. The highest BCUT2D eigenvalue weighted by Crippen LogP contribution is 2.08. The number of carbonyl (C=O) groups is 1. The predicted octanol–water partition coefficient (Wildman–Crippen LogP) is 0.0295. The van der Waals surface area contributed by atoms with Gasteiger partial charge in [0, 0.05) is 7.05 Å². The second kappa shape index (κ2) is 7.32. The molecule has 1 aromatic carbocycles. The predicted molar refractivity (Wildman–Crippen MR) is 58.3 cm³/mol. The molecule has 5 heteroatoms. The van der Waals surface area contributed by atoms with Crippen LogP contribution in [0.25, 0.3) is 0 Å². The number of amides is 1. The van der Waals surface area contributed by atoms with E-state index in [2.05, 4.69) is 5.32 Å². The Kier molecular flexibility index (Phi) is 8.04. The van der Waals surface area contributed by atoms with Crippen molar-refractivity contribution in [2.45, 2.75) is 6.04 Å². The highest BCUT2D eigenvalue weighted by atomic mass is 35.5. The van der Waals surface area contributed by atoms with Crippen molar-refractivity contribution in [1.82, 2.24) is 5.32 Å². The third kappa shape index (κ3) is 3.74. The molecule has 1 atom stereocenters. The maximum absolute atomic E-state index is 11.1. The smallest absolute Gasteiger partial charge is 0.241 e. The van der Waals surface area contributed by atoms with E-state index in [4.69, 9.17) is 5.73 Å². The SMILES string of the molecule is CNC(=O)[C@@H](N)c1ccccc1.Cl.O. The summed E-state index contributed by atoms with van der Waals surface area (Å²) in [6, 6.07) is 8.71. The first kappa shape index (κ1) is 15.4. The van der Waals surface area contributed by atoms with Crippen molar-refractivity contribution >= 4 is 18.3 Å². The Morgan fingerprint density at radius 2 is 1.86 bits per heavy atom. The number of carbonyl (C=O) groups excluding carboxylic acids is 1. The van der Waals surface area contributed by atoms with Gasteiger partial charge in [0.2, 0.25) is 5.91 Å². The molecule has 1 rings (SSSR count). The Labute approximate surface area is 89.2 Å². The minimum Gasteiger partial charge on any atom is -0.412 e. The molecular weight excluding hydrogens is 204 g/mol. The summed E-state index contributed by atoms with van der Waals surface area (Å²) >= 11 is 0. The third-order valence-corrected chi connectivity index (χ3v) is 1.69. The second-order valence-electron chi connectivity index (χ2n) is 2.50. The quantitative estimate of drug-likeness (QED) is 0.734. The molecule has 0 aromatic heterocycles. The minimum absolute atomic E-state index is 0. The largest absolute Gasteiger partial charge is 0.412 e. The topological polar surface area (TPSA) is 86.6 Å². The average molecular weight is 219 g/mol. The Hall–Kier alpha value is -1.10. The molecule has 0 unspecified atom stereocenters. The molecule has 0 aliphatic rings. The molecule has 0 bridgehead atoms. The van der Waals surface area contributed by atoms with E-state index >= 15 is 0 Å².